The molecule has 3 aromatic heterocycles. The molecule has 1 aromatic carbocycles. The van der Waals surface area contributed by atoms with Crippen LogP contribution in [0.5, 0.6) is 0 Å². The molecule has 1 spiro atoms. The van der Waals surface area contributed by atoms with Gasteiger partial charge in [0.1, 0.15) is 17.0 Å². The molecule has 1 unspecified atom stereocenters. The van der Waals surface area contributed by atoms with Crippen molar-refractivity contribution in [2.24, 2.45) is 5.41 Å². The number of anilines is 1. The van der Waals surface area contributed by atoms with Crippen LogP contribution < -0.4 is 10.2 Å². The second-order valence-corrected chi connectivity index (χ2v) is 10.4. The van der Waals surface area contributed by atoms with E-state index in [1.807, 2.05) is 6.07 Å². The summed E-state index contributed by atoms with van der Waals surface area (Å²) in [6.07, 6.45) is 8.40. The van der Waals surface area contributed by atoms with E-state index in [0.29, 0.717) is 11.5 Å². The molecule has 0 amide bonds. The van der Waals surface area contributed by atoms with Gasteiger partial charge < -0.3 is 10.2 Å². The SMILES string of the molecule is CCc1cc2c(N3CC4(CCC(NCc5cccc(-c6ccn[nH]6)c5)C4)C3)ncnc2s1. The van der Waals surface area contributed by atoms with Crippen molar-refractivity contribution in [3.05, 3.63) is 59.4 Å². The molecule has 2 fully saturated rings. The zero-order valence-electron chi connectivity index (χ0n) is 18.3. The highest BCUT2D eigenvalue weighted by Crippen LogP contribution is 2.48. The van der Waals surface area contributed by atoms with E-state index in [2.05, 4.69) is 67.6 Å². The van der Waals surface area contributed by atoms with Gasteiger partial charge >= 0.3 is 0 Å². The van der Waals surface area contributed by atoms with Crippen LogP contribution >= 0.6 is 11.3 Å². The van der Waals surface area contributed by atoms with Crippen LogP contribution in [-0.2, 0) is 13.0 Å². The summed E-state index contributed by atoms with van der Waals surface area (Å²) in [5.41, 5.74) is 4.02. The largest absolute Gasteiger partial charge is 0.355 e. The van der Waals surface area contributed by atoms with Crippen LogP contribution in [0.15, 0.2) is 48.9 Å². The maximum atomic E-state index is 4.65. The zero-order chi connectivity index (χ0) is 21.5. The van der Waals surface area contributed by atoms with Gasteiger partial charge in [0, 0.05) is 42.2 Å². The Balaban J connectivity index is 1.08. The molecule has 164 valence electrons. The van der Waals surface area contributed by atoms with Crippen LogP contribution in [0, 0.1) is 5.41 Å². The van der Waals surface area contributed by atoms with E-state index in [9.17, 15) is 0 Å². The molecule has 2 N–H and O–H groups in total. The third-order valence-electron chi connectivity index (χ3n) is 7.10. The van der Waals surface area contributed by atoms with Gasteiger partial charge in [-0.3, -0.25) is 5.10 Å². The molecule has 1 aliphatic carbocycles. The van der Waals surface area contributed by atoms with E-state index in [4.69, 9.17) is 0 Å². The summed E-state index contributed by atoms with van der Waals surface area (Å²) in [6.45, 7) is 5.34. The number of aryl methyl sites for hydroxylation is 1. The molecule has 4 heterocycles. The van der Waals surface area contributed by atoms with Crippen LogP contribution in [0.4, 0.5) is 5.82 Å². The first kappa shape index (κ1) is 19.9. The first-order valence-electron chi connectivity index (χ1n) is 11.5. The minimum atomic E-state index is 0.441. The van der Waals surface area contributed by atoms with E-state index in [-0.39, 0.29) is 0 Å². The smallest absolute Gasteiger partial charge is 0.140 e. The predicted molar refractivity (Wildman–Crippen MR) is 130 cm³/mol. The van der Waals surface area contributed by atoms with Gasteiger partial charge in [0.05, 0.1) is 11.1 Å². The van der Waals surface area contributed by atoms with Crippen LogP contribution in [-0.4, -0.2) is 39.3 Å². The van der Waals surface area contributed by atoms with Crippen molar-refractivity contribution in [3.63, 3.8) is 0 Å². The van der Waals surface area contributed by atoms with Crippen molar-refractivity contribution in [1.82, 2.24) is 25.5 Å². The predicted octanol–water partition coefficient (Wildman–Crippen LogP) is 4.79. The Morgan fingerprint density at radius 2 is 2.16 bits per heavy atom. The molecule has 6 nitrogen and oxygen atoms in total. The summed E-state index contributed by atoms with van der Waals surface area (Å²) in [4.78, 5) is 14.1. The maximum Gasteiger partial charge on any atom is 0.140 e. The number of fused-ring (bicyclic) bond motifs is 1. The van der Waals surface area contributed by atoms with Gasteiger partial charge in [-0.05, 0) is 55.0 Å². The number of H-pyrrole nitrogens is 1. The standard InChI is InChI=1S/C25H28N6S/c1-2-20-11-21-23(27-16-28-24(21)32-20)31-14-25(15-31)8-6-19(12-25)26-13-17-4-3-5-18(10-17)22-7-9-29-30-22/h3-5,7,9-11,16,19,26H,2,6,8,12-15H2,1H3,(H,29,30). The van der Waals surface area contributed by atoms with Crippen molar-refractivity contribution >= 4 is 27.4 Å². The van der Waals surface area contributed by atoms with Crippen molar-refractivity contribution in [2.45, 2.75) is 45.2 Å². The average Bonchev–Trinajstić information content (AvgIpc) is 3.56. The second-order valence-electron chi connectivity index (χ2n) is 9.33. The van der Waals surface area contributed by atoms with Gasteiger partial charge in [-0.1, -0.05) is 25.1 Å². The molecule has 1 saturated heterocycles. The lowest BCUT2D eigenvalue weighted by Gasteiger charge is -2.49. The first-order valence-corrected chi connectivity index (χ1v) is 12.3. The number of hydrogen-bond acceptors (Lipinski definition) is 6. The van der Waals surface area contributed by atoms with Gasteiger partial charge in [-0.25, -0.2) is 9.97 Å². The summed E-state index contributed by atoms with van der Waals surface area (Å²) in [5, 5.41) is 12.2. The Hall–Kier alpha value is -2.77. The highest BCUT2D eigenvalue weighted by molar-refractivity contribution is 7.18. The third-order valence-corrected chi connectivity index (χ3v) is 8.28. The summed E-state index contributed by atoms with van der Waals surface area (Å²) >= 11 is 1.80. The fourth-order valence-electron chi connectivity index (χ4n) is 5.43. The number of nitrogens with zero attached hydrogens (tertiary/aromatic N) is 4. The summed E-state index contributed by atoms with van der Waals surface area (Å²) in [6, 6.07) is 13.6. The van der Waals surface area contributed by atoms with Crippen molar-refractivity contribution < 1.29 is 0 Å². The van der Waals surface area contributed by atoms with Crippen LogP contribution in [0.1, 0.15) is 36.6 Å². The first-order chi connectivity index (χ1) is 15.7. The Morgan fingerprint density at radius 1 is 1.22 bits per heavy atom. The molecule has 0 bridgehead atoms. The summed E-state index contributed by atoms with van der Waals surface area (Å²) in [7, 11) is 0. The topological polar surface area (TPSA) is 69.7 Å². The monoisotopic (exact) mass is 444 g/mol. The average molecular weight is 445 g/mol. The number of aromatic nitrogens is 4. The number of hydrogen-bond donors (Lipinski definition) is 2. The number of nitrogens with one attached hydrogen (secondary N) is 2. The molecule has 2 aliphatic rings. The normalized spacial score (nSPS) is 19.7. The van der Waals surface area contributed by atoms with Gasteiger partial charge in [-0.2, -0.15) is 5.10 Å². The highest BCUT2D eigenvalue weighted by Gasteiger charge is 2.48. The summed E-state index contributed by atoms with van der Waals surface area (Å²) < 4.78 is 0. The zero-order valence-corrected chi connectivity index (χ0v) is 19.2. The van der Waals surface area contributed by atoms with Gasteiger partial charge in [-0.15, -0.1) is 11.3 Å². The molecule has 1 aliphatic heterocycles. The molecule has 4 aromatic rings. The Kier molecular flexibility index (Phi) is 4.96. The third kappa shape index (κ3) is 3.59. The summed E-state index contributed by atoms with van der Waals surface area (Å²) in [5.74, 6) is 1.13. The van der Waals surface area contributed by atoms with Crippen molar-refractivity contribution in [1.29, 1.82) is 0 Å². The second kappa shape index (κ2) is 7.98. The van der Waals surface area contributed by atoms with E-state index in [1.165, 1.54) is 40.7 Å². The Morgan fingerprint density at radius 3 is 3.00 bits per heavy atom. The fourth-order valence-corrected chi connectivity index (χ4v) is 6.36. The number of thiophene rings is 1. The fraction of sp³-hybridized carbons (Fsp3) is 0.400. The molecule has 1 atom stereocenters. The Labute approximate surface area is 192 Å². The van der Waals surface area contributed by atoms with Crippen LogP contribution in [0.3, 0.4) is 0 Å². The Bertz CT molecular complexity index is 1220. The van der Waals surface area contributed by atoms with Gasteiger partial charge in [0.25, 0.3) is 0 Å². The van der Waals surface area contributed by atoms with Crippen molar-refractivity contribution in [2.75, 3.05) is 18.0 Å². The number of aromatic amines is 1. The van der Waals surface area contributed by atoms with E-state index in [1.54, 1.807) is 23.9 Å². The minimum absolute atomic E-state index is 0.441. The van der Waals surface area contributed by atoms with E-state index in [0.717, 1.165) is 42.4 Å². The van der Waals surface area contributed by atoms with Crippen LogP contribution in [0.2, 0.25) is 0 Å². The van der Waals surface area contributed by atoms with Gasteiger partial charge in [0.15, 0.2) is 0 Å². The molecule has 1 saturated carbocycles. The molecule has 7 heteroatoms. The maximum absolute atomic E-state index is 4.65. The quantitative estimate of drug-likeness (QED) is 0.447. The number of benzene rings is 1. The molecular weight excluding hydrogens is 416 g/mol. The van der Waals surface area contributed by atoms with Crippen molar-refractivity contribution in [3.8, 4) is 11.3 Å². The number of rotatable bonds is 6. The highest BCUT2D eigenvalue weighted by atomic mass is 32.1. The van der Waals surface area contributed by atoms with Gasteiger partial charge in [0.2, 0.25) is 0 Å². The molecular formula is C25H28N6S. The van der Waals surface area contributed by atoms with E-state index < -0.39 is 0 Å². The molecule has 0 radical (unpaired) electrons. The minimum Gasteiger partial charge on any atom is -0.355 e. The molecule has 32 heavy (non-hydrogen) atoms. The lowest BCUT2D eigenvalue weighted by molar-refractivity contribution is 0.214. The lowest BCUT2D eigenvalue weighted by atomic mass is 9.78. The lowest BCUT2D eigenvalue weighted by Crippen LogP contribution is -2.56. The van der Waals surface area contributed by atoms with Crippen LogP contribution in [0.25, 0.3) is 21.5 Å². The molecule has 6 rings (SSSR count). The van der Waals surface area contributed by atoms with E-state index >= 15 is 0 Å².